The van der Waals surface area contributed by atoms with Crippen molar-refractivity contribution in [1.29, 1.82) is 0 Å². The molecule has 1 aromatic heterocycles. The molecule has 5 nitrogen and oxygen atoms in total. The van der Waals surface area contributed by atoms with Crippen LogP contribution in [0.4, 0.5) is 11.6 Å². The van der Waals surface area contributed by atoms with E-state index in [9.17, 15) is 0 Å². The standard InChI is InChI=1S/C15H29N5/c1-6-12(7-2)20(10-11(4)5)15-9-14(19-16)17-13(8-3)18-15/h9,11-12H,6-8,10,16H2,1-5H3,(H,17,18,19). The third-order valence-corrected chi connectivity index (χ3v) is 3.46. The lowest BCUT2D eigenvalue weighted by Crippen LogP contribution is -2.38. The number of nitrogens with zero attached hydrogens (tertiary/aromatic N) is 3. The van der Waals surface area contributed by atoms with E-state index >= 15 is 0 Å². The SMILES string of the molecule is CCc1nc(NN)cc(N(CC(C)C)C(CC)CC)n1. The monoisotopic (exact) mass is 279 g/mol. The molecule has 0 spiro atoms. The molecule has 3 N–H and O–H groups in total. The maximum absolute atomic E-state index is 5.53. The Hall–Kier alpha value is -1.36. The average Bonchev–Trinajstić information content (AvgIpc) is 2.46. The Balaban J connectivity index is 3.17. The van der Waals surface area contributed by atoms with Gasteiger partial charge < -0.3 is 10.3 Å². The van der Waals surface area contributed by atoms with Crippen molar-refractivity contribution < 1.29 is 0 Å². The molecule has 0 unspecified atom stereocenters. The van der Waals surface area contributed by atoms with E-state index in [0.29, 0.717) is 17.8 Å². The Kier molecular flexibility index (Phi) is 6.71. The van der Waals surface area contributed by atoms with Gasteiger partial charge >= 0.3 is 0 Å². The van der Waals surface area contributed by atoms with Crippen LogP contribution in [0.3, 0.4) is 0 Å². The summed E-state index contributed by atoms with van der Waals surface area (Å²) in [6, 6.07) is 2.45. The zero-order valence-corrected chi connectivity index (χ0v) is 13.5. The largest absolute Gasteiger partial charge is 0.353 e. The Morgan fingerprint density at radius 3 is 2.30 bits per heavy atom. The normalized spacial score (nSPS) is 11.2. The van der Waals surface area contributed by atoms with Crippen LogP contribution in [0, 0.1) is 5.92 Å². The van der Waals surface area contributed by atoms with Gasteiger partial charge in [0.25, 0.3) is 0 Å². The highest BCUT2D eigenvalue weighted by Crippen LogP contribution is 2.22. The highest BCUT2D eigenvalue weighted by molar-refractivity contribution is 5.49. The number of rotatable bonds is 8. The molecule has 0 fully saturated rings. The molecule has 114 valence electrons. The van der Waals surface area contributed by atoms with E-state index in [1.165, 1.54) is 0 Å². The van der Waals surface area contributed by atoms with Crippen molar-refractivity contribution in [2.75, 3.05) is 16.9 Å². The molecule has 0 saturated carbocycles. The molecule has 0 aliphatic carbocycles. The summed E-state index contributed by atoms with van der Waals surface area (Å²) in [7, 11) is 0. The van der Waals surface area contributed by atoms with E-state index in [4.69, 9.17) is 5.84 Å². The van der Waals surface area contributed by atoms with E-state index in [1.54, 1.807) is 0 Å². The molecular weight excluding hydrogens is 250 g/mol. The van der Waals surface area contributed by atoms with Crippen LogP contribution in [-0.2, 0) is 6.42 Å². The molecule has 0 amide bonds. The van der Waals surface area contributed by atoms with E-state index in [0.717, 1.165) is 37.4 Å². The van der Waals surface area contributed by atoms with Crippen LogP contribution in [0.25, 0.3) is 0 Å². The summed E-state index contributed by atoms with van der Waals surface area (Å²) >= 11 is 0. The summed E-state index contributed by atoms with van der Waals surface area (Å²) in [4.78, 5) is 11.5. The van der Waals surface area contributed by atoms with Crippen LogP contribution in [0.1, 0.15) is 53.3 Å². The van der Waals surface area contributed by atoms with Crippen LogP contribution in [0.5, 0.6) is 0 Å². The fourth-order valence-electron chi connectivity index (χ4n) is 2.41. The molecule has 0 radical (unpaired) electrons. The smallest absolute Gasteiger partial charge is 0.145 e. The first-order valence-corrected chi connectivity index (χ1v) is 7.66. The number of nitrogens with one attached hydrogen (secondary N) is 1. The summed E-state index contributed by atoms with van der Waals surface area (Å²) in [6.45, 7) is 12.0. The Morgan fingerprint density at radius 1 is 1.20 bits per heavy atom. The fourth-order valence-corrected chi connectivity index (χ4v) is 2.41. The Labute approximate surface area is 123 Å². The molecule has 20 heavy (non-hydrogen) atoms. The minimum absolute atomic E-state index is 0.502. The van der Waals surface area contributed by atoms with E-state index in [-0.39, 0.29) is 0 Å². The second kappa shape index (κ2) is 8.04. The molecule has 0 saturated heterocycles. The van der Waals surface area contributed by atoms with Crippen molar-refractivity contribution >= 4 is 11.6 Å². The van der Waals surface area contributed by atoms with Gasteiger partial charge in [0.1, 0.15) is 17.5 Å². The zero-order valence-electron chi connectivity index (χ0n) is 13.5. The van der Waals surface area contributed by atoms with Gasteiger partial charge in [0.15, 0.2) is 0 Å². The predicted molar refractivity (Wildman–Crippen MR) is 85.8 cm³/mol. The van der Waals surface area contributed by atoms with Gasteiger partial charge in [-0.15, -0.1) is 0 Å². The quantitative estimate of drug-likeness (QED) is 0.565. The molecule has 1 aromatic rings. The number of hydrogen-bond acceptors (Lipinski definition) is 5. The predicted octanol–water partition coefficient (Wildman–Crippen LogP) is 2.98. The number of aromatic nitrogens is 2. The summed E-state index contributed by atoms with van der Waals surface area (Å²) < 4.78 is 0. The van der Waals surface area contributed by atoms with E-state index < -0.39 is 0 Å². The molecule has 0 aliphatic rings. The molecule has 0 aliphatic heterocycles. The van der Waals surface area contributed by atoms with Crippen molar-refractivity contribution in [3.05, 3.63) is 11.9 Å². The van der Waals surface area contributed by atoms with Gasteiger partial charge in [-0.05, 0) is 18.8 Å². The Bertz CT molecular complexity index is 379. The van der Waals surface area contributed by atoms with Gasteiger partial charge in [0.05, 0.1) is 0 Å². The maximum atomic E-state index is 5.53. The van der Waals surface area contributed by atoms with Crippen LogP contribution in [0.2, 0.25) is 0 Å². The maximum Gasteiger partial charge on any atom is 0.145 e. The van der Waals surface area contributed by atoms with Gasteiger partial charge in [-0.2, -0.15) is 0 Å². The van der Waals surface area contributed by atoms with Crippen LogP contribution < -0.4 is 16.2 Å². The van der Waals surface area contributed by atoms with E-state index in [1.807, 2.05) is 6.07 Å². The third-order valence-electron chi connectivity index (χ3n) is 3.46. The van der Waals surface area contributed by atoms with Crippen LogP contribution in [0.15, 0.2) is 6.07 Å². The minimum atomic E-state index is 0.502. The molecular formula is C15H29N5. The molecule has 0 bridgehead atoms. The molecule has 0 atom stereocenters. The van der Waals surface area contributed by atoms with E-state index in [2.05, 4.69) is 54.9 Å². The highest BCUT2D eigenvalue weighted by Gasteiger charge is 2.19. The third kappa shape index (κ3) is 4.34. The summed E-state index contributed by atoms with van der Waals surface area (Å²) in [5.41, 5.74) is 2.65. The minimum Gasteiger partial charge on any atom is -0.353 e. The highest BCUT2D eigenvalue weighted by atomic mass is 15.3. The van der Waals surface area contributed by atoms with Gasteiger partial charge in [-0.25, -0.2) is 15.8 Å². The molecule has 1 heterocycles. The van der Waals surface area contributed by atoms with Gasteiger partial charge in [-0.1, -0.05) is 34.6 Å². The summed E-state index contributed by atoms with van der Waals surface area (Å²) in [5.74, 6) is 8.61. The first-order chi connectivity index (χ1) is 9.55. The Morgan fingerprint density at radius 2 is 1.85 bits per heavy atom. The summed E-state index contributed by atoms with van der Waals surface area (Å²) in [6.07, 6.45) is 3.03. The van der Waals surface area contributed by atoms with Crippen LogP contribution in [-0.4, -0.2) is 22.6 Å². The van der Waals surface area contributed by atoms with Crippen molar-refractivity contribution in [3.63, 3.8) is 0 Å². The number of nitrogen functional groups attached to an aromatic ring is 1. The number of hydrogen-bond donors (Lipinski definition) is 2. The second-order valence-corrected chi connectivity index (χ2v) is 5.54. The fraction of sp³-hybridized carbons (Fsp3) is 0.733. The molecule has 0 aromatic carbocycles. The van der Waals surface area contributed by atoms with Crippen molar-refractivity contribution in [1.82, 2.24) is 9.97 Å². The molecule has 5 heteroatoms. The first-order valence-electron chi connectivity index (χ1n) is 7.66. The van der Waals surface area contributed by atoms with Gasteiger partial charge in [0.2, 0.25) is 0 Å². The lowest BCUT2D eigenvalue weighted by molar-refractivity contribution is 0.502. The average molecular weight is 279 g/mol. The second-order valence-electron chi connectivity index (χ2n) is 5.54. The zero-order chi connectivity index (χ0) is 15.1. The summed E-state index contributed by atoms with van der Waals surface area (Å²) in [5, 5.41) is 0. The van der Waals surface area contributed by atoms with Crippen LogP contribution >= 0.6 is 0 Å². The lowest BCUT2D eigenvalue weighted by atomic mass is 10.1. The van der Waals surface area contributed by atoms with Gasteiger partial charge in [0, 0.05) is 25.1 Å². The van der Waals surface area contributed by atoms with Gasteiger partial charge in [-0.3, -0.25) is 0 Å². The lowest BCUT2D eigenvalue weighted by Gasteiger charge is -2.33. The molecule has 1 rings (SSSR count). The van der Waals surface area contributed by atoms with Crippen molar-refractivity contribution in [2.24, 2.45) is 11.8 Å². The number of nitrogens with two attached hydrogens (primary N) is 1. The van der Waals surface area contributed by atoms with Crippen molar-refractivity contribution in [3.8, 4) is 0 Å². The topological polar surface area (TPSA) is 67.1 Å². The first kappa shape index (κ1) is 16.7. The van der Waals surface area contributed by atoms with Crippen molar-refractivity contribution in [2.45, 2.75) is 59.9 Å². The number of hydrazine groups is 1. The number of anilines is 2. The number of aryl methyl sites for hydroxylation is 1.